The number of ether oxygens (including phenoxy) is 2. The molecule has 9 heteroatoms. The number of quaternary nitrogens is 1. The maximum absolute atomic E-state index is 12.8. The minimum atomic E-state index is -4.29. The molecule has 2 atom stereocenters. The van der Waals surface area contributed by atoms with Crippen molar-refractivity contribution in [3.05, 3.63) is 85.1 Å². The lowest BCUT2D eigenvalue weighted by atomic mass is 10.1. The quantitative estimate of drug-likeness (QED) is 0.0214. The van der Waals surface area contributed by atoms with Crippen molar-refractivity contribution in [2.75, 3.05) is 54.1 Å². The van der Waals surface area contributed by atoms with Gasteiger partial charge in [0.15, 0.2) is 0 Å². The third kappa shape index (κ3) is 52.6. The molecule has 8 nitrogen and oxygen atoms in total. The monoisotopic (exact) mass is 945 g/mol. The van der Waals surface area contributed by atoms with E-state index in [4.69, 9.17) is 18.5 Å². The third-order valence-corrected chi connectivity index (χ3v) is 12.2. The van der Waals surface area contributed by atoms with Crippen molar-refractivity contribution in [2.24, 2.45) is 0 Å². The number of hydrogen-bond donors (Lipinski definition) is 1. The Morgan fingerprint density at radius 1 is 0.485 bits per heavy atom. The molecule has 0 amide bonds. The molecule has 0 aliphatic heterocycles. The first-order valence-corrected chi connectivity index (χ1v) is 28.3. The van der Waals surface area contributed by atoms with Crippen LogP contribution in [0, 0.1) is 0 Å². The molecule has 2 unspecified atom stereocenters. The van der Waals surface area contributed by atoms with Gasteiger partial charge >= 0.3 is 13.8 Å². The van der Waals surface area contributed by atoms with Crippen LogP contribution in [0.5, 0.6) is 0 Å². The van der Waals surface area contributed by atoms with Crippen molar-refractivity contribution in [3.63, 3.8) is 0 Å². The Morgan fingerprint density at radius 3 is 1.32 bits per heavy atom. The number of esters is 1. The summed E-state index contributed by atoms with van der Waals surface area (Å²) in [7, 11) is 1.65. The van der Waals surface area contributed by atoms with Gasteiger partial charge in [0.1, 0.15) is 19.3 Å². The second kappa shape index (κ2) is 49.1. The molecule has 0 aliphatic carbocycles. The standard InChI is InChI=1S/C57H102NO7P/c1-6-8-10-12-14-16-18-20-22-24-26-27-28-29-30-31-32-33-35-37-39-41-43-45-47-49-52-62-54-56(55-64-66(60,61)63-53-51-58(3,4)5)65-57(59)50-48-46-44-42-40-38-36-34-25-23-21-19-17-15-13-11-9-7-2/h8,10,14,16-17,19-20,22-23,25-27,29-30,56H,6-7,9,11-13,15,18,21,24,28,31-55H2,1-5H3/p+1/b10-8-,16-14-,19-17-,22-20-,25-23-,27-26-,30-29-. The van der Waals surface area contributed by atoms with Gasteiger partial charge in [-0.1, -0.05) is 202 Å². The molecule has 0 heterocycles. The third-order valence-electron chi connectivity index (χ3n) is 11.2. The predicted octanol–water partition coefficient (Wildman–Crippen LogP) is 16.8. The highest BCUT2D eigenvalue weighted by Crippen LogP contribution is 2.43. The van der Waals surface area contributed by atoms with E-state index in [1.54, 1.807) is 0 Å². The second-order valence-corrected chi connectivity index (χ2v) is 20.3. The first-order valence-electron chi connectivity index (χ1n) is 26.8. The Morgan fingerprint density at radius 2 is 0.879 bits per heavy atom. The smallest absolute Gasteiger partial charge is 0.457 e. The van der Waals surface area contributed by atoms with Crippen LogP contribution in [0.15, 0.2) is 85.1 Å². The molecule has 0 aromatic heterocycles. The molecule has 0 bridgehead atoms. The van der Waals surface area contributed by atoms with Gasteiger partial charge in [-0.2, -0.15) is 0 Å². The maximum Gasteiger partial charge on any atom is 0.472 e. The summed E-state index contributed by atoms with van der Waals surface area (Å²) in [6.07, 6.45) is 66.3. The SMILES string of the molecule is CC/C=C\C/C=C\C/C=C\C/C=C\C/C=C\CCCCCCCCCCCCOCC(COP(=O)(O)OCC[N+](C)(C)C)OC(=O)CCCCCCCCC/C=C\C/C=C\CCCCCC. The van der Waals surface area contributed by atoms with E-state index in [2.05, 4.69) is 98.9 Å². The number of hydrogen-bond acceptors (Lipinski definition) is 6. The van der Waals surface area contributed by atoms with Crippen molar-refractivity contribution < 1.29 is 37.3 Å². The fourth-order valence-corrected chi connectivity index (χ4v) is 7.82. The number of rotatable bonds is 49. The van der Waals surface area contributed by atoms with Gasteiger partial charge in [0.05, 0.1) is 34.4 Å². The van der Waals surface area contributed by atoms with E-state index < -0.39 is 13.9 Å². The Balaban J connectivity index is 4.14. The number of likely N-dealkylation sites (N-methyl/N-ethyl adjacent to an activating group) is 1. The molecule has 0 saturated carbocycles. The fourth-order valence-electron chi connectivity index (χ4n) is 7.08. The topological polar surface area (TPSA) is 91.3 Å². The zero-order valence-corrected chi connectivity index (χ0v) is 44.3. The lowest BCUT2D eigenvalue weighted by molar-refractivity contribution is -0.870. The van der Waals surface area contributed by atoms with E-state index >= 15 is 0 Å². The average Bonchev–Trinajstić information content (AvgIpc) is 3.28. The summed E-state index contributed by atoms with van der Waals surface area (Å²) in [5.74, 6) is -0.325. The van der Waals surface area contributed by atoms with Crippen LogP contribution >= 0.6 is 7.82 Å². The van der Waals surface area contributed by atoms with Gasteiger partial charge in [0.25, 0.3) is 0 Å². The summed E-state index contributed by atoms with van der Waals surface area (Å²) in [5, 5.41) is 0. The molecule has 0 aromatic carbocycles. The number of nitrogens with zero attached hydrogens (tertiary/aromatic N) is 1. The molecule has 382 valence electrons. The molecule has 0 radical (unpaired) electrons. The van der Waals surface area contributed by atoms with Crippen LogP contribution in [-0.2, 0) is 27.9 Å². The minimum absolute atomic E-state index is 0.0822. The Hall–Kier alpha value is -2.32. The van der Waals surface area contributed by atoms with Crippen LogP contribution in [0.1, 0.15) is 213 Å². The van der Waals surface area contributed by atoms with E-state index in [0.717, 1.165) is 77.0 Å². The Kier molecular flexibility index (Phi) is 47.4. The summed E-state index contributed by atoms with van der Waals surface area (Å²) in [5.41, 5.74) is 0. The zero-order chi connectivity index (χ0) is 48.3. The second-order valence-electron chi connectivity index (χ2n) is 18.9. The van der Waals surface area contributed by atoms with Crippen LogP contribution < -0.4 is 0 Å². The minimum Gasteiger partial charge on any atom is -0.457 e. The van der Waals surface area contributed by atoms with E-state index in [1.165, 1.54) is 116 Å². The van der Waals surface area contributed by atoms with Crippen LogP contribution in [0.4, 0.5) is 0 Å². The number of carbonyl (C=O) groups is 1. The number of phosphoric ester groups is 1. The Bertz CT molecular complexity index is 1330. The van der Waals surface area contributed by atoms with Gasteiger partial charge in [0, 0.05) is 13.0 Å². The van der Waals surface area contributed by atoms with Crippen LogP contribution in [0.3, 0.4) is 0 Å². The Labute approximate surface area is 407 Å². The first-order chi connectivity index (χ1) is 32.1. The lowest BCUT2D eigenvalue weighted by Gasteiger charge is -2.24. The van der Waals surface area contributed by atoms with Crippen molar-refractivity contribution >= 4 is 13.8 Å². The predicted molar refractivity (Wildman–Crippen MR) is 284 cm³/mol. The summed E-state index contributed by atoms with van der Waals surface area (Å²) >= 11 is 0. The number of unbranched alkanes of at least 4 members (excludes halogenated alkanes) is 21. The zero-order valence-electron chi connectivity index (χ0n) is 43.4. The fraction of sp³-hybridized carbons (Fsp3) is 0.737. The number of carbonyl (C=O) groups excluding carboxylic acids is 1. The molecule has 0 aliphatic rings. The molecule has 0 rings (SSSR count). The van der Waals surface area contributed by atoms with Crippen molar-refractivity contribution in [3.8, 4) is 0 Å². The highest BCUT2D eigenvalue weighted by molar-refractivity contribution is 7.47. The van der Waals surface area contributed by atoms with Crippen molar-refractivity contribution in [2.45, 2.75) is 219 Å². The normalized spacial score (nSPS) is 14.2. The highest BCUT2D eigenvalue weighted by Gasteiger charge is 2.26. The maximum atomic E-state index is 12.8. The molecule has 0 aromatic rings. The van der Waals surface area contributed by atoms with E-state index in [9.17, 15) is 14.3 Å². The average molecular weight is 945 g/mol. The van der Waals surface area contributed by atoms with Gasteiger partial charge < -0.3 is 18.9 Å². The van der Waals surface area contributed by atoms with Gasteiger partial charge in [-0.05, 0) is 89.9 Å². The molecule has 66 heavy (non-hydrogen) atoms. The summed E-state index contributed by atoms with van der Waals surface area (Å²) in [6.45, 7) is 5.47. The van der Waals surface area contributed by atoms with Gasteiger partial charge in [-0.15, -0.1) is 0 Å². The number of allylic oxidation sites excluding steroid dienone is 14. The molecule has 1 N–H and O–H groups in total. The highest BCUT2D eigenvalue weighted by atomic mass is 31.2. The van der Waals surface area contributed by atoms with Crippen LogP contribution in [0.25, 0.3) is 0 Å². The lowest BCUT2D eigenvalue weighted by Crippen LogP contribution is -2.37. The number of phosphoric acid groups is 1. The van der Waals surface area contributed by atoms with Gasteiger partial charge in [-0.25, -0.2) is 4.57 Å². The van der Waals surface area contributed by atoms with Crippen LogP contribution in [0.2, 0.25) is 0 Å². The molecule has 0 spiro atoms. The summed E-state index contributed by atoms with van der Waals surface area (Å²) in [4.78, 5) is 23.0. The van der Waals surface area contributed by atoms with E-state index in [-0.39, 0.29) is 25.8 Å². The molecule has 0 saturated heterocycles. The summed E-state index contributed by atoms with van der Waals surface area (Å²) < 4.78 is 35.2. The van der Waals surface area contributed by atoms with Gasteiger partial charge in [0.2, 0.25) is 0 Å². The molecular formula is C57H103NO7P+. The van der Waals surface area contributed by atoms with Crippen molar-refractivity contribution in [1.82, 2.24) is 0 Å². The largest absolute Gasteiger partial charge is 0.472 e. The van der Waals surface area contributed by atoms with Crippen LogP contribution in [-0.4, -0.2) is 75.6 Å². The summed E-state index contributed by atoms with van der Waals surface area (Å²) in [6, 6.07) is 0. The first kappa shape index (κ1) is 63.7. The van der Waals surface area contributed by atoms with Crippen molar-refractivity contribution in [1.29, 1.82) is 0 Å². The van der Waals surface area contributed by atoms with Gasteiger partial charge in [-0.3, -0.25) is 13.8 Å². The molecular weight excluding hydrogens is 842 g/mol. The molecule has 0 fully saturated rings. The van der Waals surface area contributed by atoms with E-state index in [1.807, 2.05) is 21.1 Å². The van der Waals surface area contributed by atoms with E-state index in [0.29, 0.717) is 24.1 Å².